The van der Waals surface area contributed by atoms with Crippen LogP contribution in [0.25, 0.3) is 0 Å². The van der Waals surface area contributed by atoms with E-state index < -0.39 is 0 Å². The first-order valence-corrected chi connectivity index (χ1v) is 6.86. The first-order valence-electron chi connectivity index (χ1n) is 6.86. The number of carbonyl (C=O) groups excluding carboxylic acids is 1. The van der Waals surface area contributed by atoms with Crippen molar-refractivity contribution >= 4 is 5.91 Å². The van der Waals surface area contributed by atoms with Crippen molar-refractivity contribution in [3.05, 3.63) is 23.8 Å². The van der Waals surface area contributed by atoms with Crippen molar-refractivity contribution in [1.82, 2.24) is 10.2 Å². The summed E-state index contributed by atoms with van der Waals surface area (Å²) < 4.78 is 10.5. The molecule has 1 aliphatic heterocycles. The average molecular weight is 278 g/mol. The van der Waals surface area contributed by atoms with Crippen LogP contribution in [-0.4, -0.2) is 50.7 Å². The van der Waals surface area contributed by atoms with Crippen LogP contribution in [0.3, 0.4) is 0 Å². The van der Waals surface area contributed by atoms with Gasteiger partial charge in [0.05, 0.1) is 20.6 Å². The average Bonchev–Trinajstić information content (AvgIpc) is 2.47. The van der Waals surface area contributed by atoms with E-state index in [1.807, 2.05) is 23.1 Å². The summed E-state index contributed by atoms with van der Waals surface area (Å²) in [5.74, 6) is 1.50. The molecule has 1 aliphatic rings. The van der Waals surface area contributed by atoms with E-state index in [4.69, 9.17) is 9.47 Å². The highest BCUT2D eigenvalue weighted by molar-refractivity contribution is 5.79. The third-order valence-electron chi connectivity index (χ3n) is 3.52. The van der Waals surface area contributed by atoms with Crippen LogP contribution in [0.15, 0.2) is 18.2 Å². The molecule has 5 heteroatoms. The third kappa shape index (κ3) is 3.42. The van der Waals surface area contributed by atoms with Crippen LogP contribution in [0.1, 0.15) is 12.5 Å². The van der Waals surface area contributed by atoms with Gasteiger partial charge in [-0.25, -0.2) is 0 Å². The second-order valence-electron chi connectivity index (χ2n) is 5.06. The highest BCUT2D eigenvalue weighted by atomic mass is 16.5. The van der Waals surface area contributed by atoms with Crippen LogP contribution < -0.4 is 14.8 Å². The molecule has 1 aromatic carbocycles. The lowest BCUT2D eigenvalue weighted by Gasteiger charge is -2.32. The van der Waals surface area contributed by atoms with Crippen LogP contribution in [-0.2, 0) is 11.2 Å². The Kier molecular flexibility index (Phi) is 4.84. The molecule has 1 saturated heterocycles. The number of carbonyl (C=O) groups is 1. The number of ether oxygens (including phenoxy) is 2. The predicted molar refractivity (Wildman–Crippen MR) is 77.3 cm³/mol. The number of methoxy groups -OCH3 is 2. The fourth-order valence-electron chi connectivity index (χ4n) is 2.44. The van der Waals surface area contributed by atoms with Crippen molar-refractivity contribution in [3.63, 3.8) is 0 Å². The van der Waals surface area contributed by atoms with Gasteiger partial charge in [0.1, 0.15) is 0 Å². The van der Waals surface area contributed by atoms with Crippen LogP contribution in [0.2, 0.25) is 0 Å². The number of piperazine rings is 1. The summed E-state index contributed by atoms with van der Waals surface area (Å²) in [5, 5.41) is 3.33. The van der Waals surface area contributed by atoms with Gasteiger partial charge in [-0.05, 0) is 24.6 Å². The fraction of sp³-hybridized carbons (Fsp3) is 0.533. The molecule has 1 heterocycles. The van der Waals surface area contributed by atoms with Crippen molar-refractivity contribution in [2.45, 2.75) is 19.4 Å². The van der Waals surface area contributed by atoms with E-state index in [1.165, 1.54) is 0 Å². The number of hydrogen-bond donors (Lipinski definition) is 1. The van der Waals surface area contributed by atoms with E-state index >= 15 is 0 Å². The molecule has 0 aromatic heterocycles. The smallest absolute Gasteiger partial charge is 0.227 e. The van der Waals surface area contributed by atoms with E-state index in [9.17, 15) is 4.79 Å². The molecule has 1 amide bonds. The zero-order valence-electron chi connectivity index (χ0n) is 12.3. The van der Waals surface area contributed by atoms with E-state index in [1.54, 1.807) is 14.2 Å². The van der Waals surface area contributed by atoms with Crippen molar-refractivity contribution < 1.29 is 14.3 Å². The van der Waals surface area contributed by atoms with E-state index in [0.29, 0.717) is 24.0 Å². The van der Waals surface area contributed by atoms with Gasteiger partial charge in [-0.1, -0.05) is 6.07 Å². The maximum Gasteiger partial charge on any atom is 0.227 e. The summed E-state index contributed by atoms with van der Waals surface area (Å²) >= 11 is 0. The Morgan fingerprint density at radius 3 is 2.75 bits per heavy atom. The molecule has 110 valence electrons. The van der Waals surface area contributed by atoms with Crippen LogP contribution in [0.5, 0.6) is 11.5 Å². The van der Waals surface area contributed by atoms with Gasteiger partial charge in [-0.15, -0.1) is 0 Å². The maximum atomic E-state index is 12.3. The molecule has 0 aliphatic carbocycles. The van der Waals surface area contributed by atoms with Gasteiger partial charge in [0.25, 0.3) is 0 Å². The van der Waals surface area contributed by atoms with Gasteiger partial charge < -0.3 is 19.7 Å². The Morgan fingerprint density at radius 2 is 2.10 bits per heavy atom. The van der Waals surface area contributed by atoms with Crippen molar-refractivity contribution in [3.8, 4) is 11.5 Å². The Morgan fingerprint density at radius 1 is 1.35 bits per heavy atom. The Labute approximate surface area is 119 Å². The minimum Gasteiger partial charge on any atom is -0.493 e. The fourth-order valence-corrected chi connectivity index (χ4v) is 2.44. The third-order valence-corrected chi connectivity index (χ3v) is 3.52. The van der Waals surface area contributed by atoms with Gasteiger partial charge in [-0.3, -0.25) is 4.79 Å². The van der Waals surface area contributed by atoms with Crippen LogP contribution >= 0.6 is 0 Å². The molecule has 1 fully saturated rings. The second kappa shape index (κ2) is 6.61. The Bertz CT molecular complexity index is 476. The van der Waals surface area contributed by atoms with Gasteiger partial charge in [-0.2, -0.15) is 0 Å². The number of rotatable bonds is 4. The van der Waals surface area contributed by atoms with E-state index in [-0.39, 0.29) is 5.91 Å². The standard InChI is InChI=1S/C15H22N2O3/c1-11-10-17(7-6-16-11)15(18)9-12-4-5-13(19-2)14(8-12)20-3/h4-5,8,11,16H,6-7,9-10H2,1-3H3/t11-/m1/s1. The molecule has 0 bridgehead atoms. The summed E-state index contributed by atoms with van der Waals surface area (Å²) in [7, 11) is 3.20. The zero-order valence-corrected chi connectivity index (χ0v) is 12.3. The topological polar surface area (TPSA) is 50.8 Å². The minimum atomic E-state index is 0.158. The zero-order chi connectivity index (χ0) is 14.5. The molecular formula is C15H22N2O3. The summed E-state index contributed by atoms with van der Waals surface area (Å²) in [6.45, 7) is 4.50. The SMILES string of the molecule is COc1ccc(CC(=O)N2CCN[C@H](C)C2)cc1OC. The first-order chi connectivity index (χ1) is 9.63. The highest BCUT2D eigenvalue weighted by Crippen LogP contribution is 2.27. The lowest BCUT2D eigenvalue weighted by atomic mass is 10.1. The second-order valence-corrected chi connectivity index (χ2v) is 5.06. The molecule has 2 rings (SSSR count). The quantitative estimate of drug-likeness (QED) is 0.895. The van der Waals surface area contributed by atoms with Gasteiger partial charge in [0.2, 0.25) is 5.91 Å². The minimum absolute atomic E-state index is 0.158. The molecule has 0 unspecified atom stereocenters. The highest BCUT2D eigenvalue weighted by Gasteiger charge is 2.20. The molecule has 5 nitrogen and oxygen atoms in total. The number of benzene rings is 1. The molecule has 20 heavy (non-hydrogen) atoms. The predicted octanol–water partition coefficient (Wildman–Crippen LogP) is 1.07. The Hall–Kier alpha value is -1.75. The number of amides is 1. The summed E-state index contributed by atoms with van der Waals surface area (Å²) in [4.78, 5) is 14.2. The molecule has 1 aromatic rings. The molecule has 1 N–H and O–H groups in total. The number of hydrogen-bond acceptors (Lipinski definition) is 4. The first kappa shape index (κ1) is 14.7. The molecular weight excluding hydrogens is 256 g/mol. The Balaban J connectivity index is 2.03. The molecule has 1 atom stereocenters. The lowest BCUT2D eigenvalue weighted by molar-refractivity contribution is -0.131. The summed E-state index contributed by atoms with van der Waals surface area (Å²) in [5.41, 5.74) is 0.943. The van der Waals surface area contributed by atoms with Crippen molar-refractivity contribution in [2.24, 2.45) is 0 Å². The van der Waals surface area contributed by atoms with Gasteiger partial charge in [0.15, 0.2) is 11.5 Å². The van der Waals surface area contributed by atoms with E-state index in [0.717, 1.165) is 25.2 Å². The molecule has 0 spiro atoms. The van der Waals surface area contributed by atoms with Crippen LogP contribution in [0.4, 0.5) is 0 Å². The van der Waals surface area contributed by atoms with E-state index in [2.05, 4.69) is 12.2 Å². The number of nitrogens with zero attached hydrogens (tertiary/aromatic N) is 1. The van der Waals surface area contributed by atoms with Gasteiger partial charge >= 0.3 is 0 Å². The normalized spacial score (nSPS) is 18.8. The molecule has 0 radical (unpaired) electrons. The monoisotopic (exact) mass is 278 g/mol. The largest absolute Gasteiger partial charge is 0.493 e. The van der Waals surface area contributed by atoms with Crippen molar-refractivity contribution in [1.29, 1.82) is 0 Å². The number of nitrogens with one attached hydrogen (secondary N) is 1. The lowest BCUT2D eigenvalue weighted by Crippen LogP contribution is -2.51. The van der Waals surface area contributed by atoms with Crippen LogP contribution in [0, 0.1) is 0 Å². The molecule has 0 saturated carbocycles. The van der Waals surface area contributed by atoms with Gasteiger partial charge in [0, 0.05) is 25.7 Å². The van der Waals surface area contributed by atoms with Crippen molar-refractivity contribution in [2.75, 3.05) is 33.9 Å². The summed E-state index contributed by atoms with van der Waals surface area (Å²) in [6, 6.07) is 5.97. The summed E-state index contributed by atoms with van der Waals surface area (Å²) in [6.07, 6.45) is 0.396. The maximum absolute atomic E-state index is 12.3.